The lowest BCUT2D eigenvalue weighted by Gasteiger charge is -2.17. The largest absolute Gasteiger partial charge is 0.493 e. The number of carbonyl (C=O) groups excluding carboxylic acids is 1. The fraction of sp³-hybridized carbons (Fsp3) is 0.222. The van der Waals surface area contributed by atoms with Crippen LogP contribution in [-0.4, -0.2) is 27.2 Å². The number of hydrogen-bond acceptors (Lipinski definition) is 5. The first-order chi connectivity index (χ1) is 12.4. The van der Waals surface area contributed by atoms with Crippen molar-refractivity contribution in [2.75, 3.05) is 21.3 Å². The molecular formula is C18H16BrFN2O4. The molecule has 1 amide bonds. The van der Waals surface area contributed by atoms with Crippen LogP contribution >= 0.6 is 15.9 Å². The Bertz CT molecular complexity index is 842. The summed E-state index contributed by atoms with van der Waals surface area (Å²) in [5, 5.41) is 12.0. The number of rotatable bonds is 6. The number of carbonyl (C=O) groups is 1. The Balaban J connectivity index is 2.38. The van der Waals surface area contributed by atoms with E-state index < -0.39 is 17.8 Å². The smallest absolute Gasteiger partial charge is 0.253 e. The summed E-state index contributed by atoms with van der Waals surface area (Å²) in [4.78, 5) is 12.4. The van der Waals surface area contributed by atoms with Gasteiger partial charge in [-0.3, -0.25) is 4.79 Å². The van der Waals surface area contributed by atoms with Gasteiger partial charge in [0.2, 0.25) is 5.75 Å². The van der Waals surface area contributed by atoms with Crippen LogP contribution in [0.25, 0.3) is 0 Å². The first-order valence-electron chi connectivity index (χ1n) is 7.40. The summed E-state index contributed by atoms with van der Waals surface area (Å²) in [6.07, 6.45) is 0. The van der Waals surface area contributed by atoms with E-state index in [0.717, 1.165) is 6.07 Å². The van der Waals surface area contributed by atoms with Gasteiger partial charge in [-0.15, -0.1) is 0 Å². The summed E-state index contributed by atoms with van der Waals surface area (Å²) < 4.78 is 29.6. The van der Waals surface area contributed by atoms with Gasteiger partial charge in [0, 0.05) is 4.47 Å². The van der Waals surface area contributed by atoms with Crippen LogP contribution in [-0.2, 0) is 0 Å². The van der Waals surface area contributed by atoms with E-state index in [1.807, 2.05) is 6.07 Å². The SMILES string of the molecule is COc1cc(C(C#N)NC(=O)c2cc(F)ccc2Br)cc(OC)c1OC. The van der Waals surface area contributed by atoms with E-state index in [9.17, 15) is 14.4 Å². The summed E-state index contributed by atoms with van der Waals surface area (Å²) in [7, 11) is 4.36. The summed E-state index contributed by atoms with van der Waals surface area (Å²) in [6.45, 7) is 0. The van der Waals surface area contributed by atoms with Crippen LogP contribution < -0.4 is 19.5 Å². The molecule has 26 heavy (non-hydrogen) atoms. The number of nitriles is 1. The molecule has 0 heterocycles. The molecule has 0 aromatic heterocycles. The molecule has 0 saturated heterocycles. The van der Waals surface area contributed by atoms with Gasteiger partial charge in [0.05, 0.1) is 33.0 Å². The van der Waals surface area contributed by atoms with E-state index in [-0.39, 0.29) is 5.56 Å². The van der Waals surface area contributed by atoms with Gasteiger partial charge in [-0.1, -0.05) is 0 Å². The van der Waals surface area contributed by atoms with Crippen molar-refractivity contribution >= 4 is 21.8 Å². The zero-order valence-corrected chi connectivity index (χ0v) is 15.9. The first kappa shape index (κ1) is 19.5. The van der Waals surface area contributed by atoms with Gasteiger partial charge in [0.15, 0.2) is 11.5 Å². The van der Waals surface area contributed by atoms with Crippen LogP contribution in [0.1, 0.15) is 22.0 Å². The highest BCUT2D eigenvalue weighted by Crippen LogP contribution is 2.39. The van der Waals surface area contributed by atoms with Crippen LogP contribution in [0.5, 0.6) is 17.2 Å². The molecule has 2 aromatic rings. The molecular weight excluding hydrogens is 407 g/mol. The van der Waals surface area contributed by atoms with Crippen LogP contribution in [0.4, 0.5) is 4.39 Å². The molecule has 136 valence electrons. The molecule has 1 N–H and O–H groups in total. The van der Waals surface area contributed by atoms with Gasteiger partial charge in [0.25, 0.3) is 5.91 Å². The maximum atomic E-state index is 13.4. The van der Waals surface area contributed by atoms with Crippen molar-refractivity contribution in [3.63, 3.8) is 0 Å². The second kappa shape index (κ2) is 8.54. The van der Waals surface area contributed by atoms with Crippen molar-refractivity contribution in [3.05, 3.63) is 51.7 Å². The Morgan fingerprint density at radius 2 is 1.77 bits per heavy atom. The molecule has 6 nitrogen and oxygen atoms in total. The number of hydrogen-bond donors (Lipinski definition) is 1. The molecule has 1 atom stereocenters. The van der Waals surface area contributed by atoms with Crippen LogP contribution in [0.3, 0.4) is 0 Å². The van der Waals surface area contributed by atoms with Crippen LogP contribution in [0.15, 0.2) is 34.8 Å². The quantitative estimate of drug-likeness (QED) is 0.768. The van der Waals surface area contributed by atoms with Gasteiger partial charge in [0.1, 0.15) is 11.9 Å². The van der Waals surface area contributed by atoms with E-state index in [1.54, 1.807) is 12.1 Å². The highest BCUT2D eigenvalue weighted by atomic mass is 79.9. The third kappa shape index (κ3) is 4.06. The fourth-order valence-corrected chi connectivity index (χ4v) is 2.77. The maximum Gasteiger partial charge on any atom is 0.253 e. The van der Waals surface area contributed by atoms with Gasteiger partial charge < -0.3 is 19.5 Å². The summed E-state index contributed by atoms with van der Waals surface area (Å²) in [5.41, 5.74) is 0.514. The molecule has 0 radical (unpaired) electrons. The van der Waals surface area contributed by atoms with E-state index in [2.05, 4.69) is 21.2 Å². The molecule has 1 unspecified atom stereocenters. The monoisotopic (exact) mass is 422 g/mol. The Morgan fingerprint density at radius 1 is 1.15 bits per heavy atom. The van der Waals surface area contributed by atoms with Crippen molar-refractivity contribution in [2.24, 2.45) is 0 Å². The van der Waals surface area contributed by atoms with E-state index in [1.165, 1.54) is 33.5 Å². The lowest BCUT2D eigenvalue weighted by molar-refractivity contribution is 0.0943. The third-order valence-electron chi connectivity index (χ3n) is 3.60. The van der Waals surface area contributed by atoms with Gasteiger partial charge in [-0.2, -0.15) is 5.26 Å². The normalized spacial score (nSPS) is 11.2. The number of amides is 1. The van der Waals surface area contributed by atoms with Gasteiger partial charge in [-0.05, 0) is 51.8 Å². The number of ether oxygens (including phenoxy) is 3. The number of nitrogens with one attached hydrogen (secondary N) is 1. The third-order valence-corrected chi connectivity index (χ3v) is 4.29. The number of nitrogens with zero attached hydrogens (tertiary/aromatic N) is 1. The number of methoxy groups -OCH3 is 3. The topological polar surface area (TPSA) is 80.6 Å². The summed E-state index contributed by atoms with van der Waals surface area (Å²) in [5.74, 6) is -0.0856. The molecule has 0 saturated carbocycles. The Morgan fingerprint density at radius 3 is 2.27 bits per heavy atom. The predicted molar refractivity (Wildman–Crippen MR) is 96.0 cm³/mol. The fourth-order valence-electron chi connectivity index (χ4n) is 2.34. The van der Waals surface area contributed by atoms with Gasteiger partial charge in [-0.25, -0.2) is 4.39 Å². The molecule has 0 fully saturated rings. The number of benzene rings is 2. The zero-order chi connectivity index (χ0) is 19.3. The van der Waals surface area contributed by atoms with Crippen molar-refractivity contribution in [1.29, 1.82) is 5.26 Å². The molecule has 0 bridgehead atoms. The highest BCUT2D eigenvalue weighted by molar-refractivity contribution is 9.10. The minimum atomic E-state index is -1.01. The standard InChI is InChI=1S/C18H16BrFN2O4/c1-24-15-6-10(7-16(25-2)17(15)26-3)14(9-21)22-18(23)12-8-11(20)4-5-13(12)19/h4-8,14H,1-3H3,(H,22,23). The second-order valence-electron chi connectivity index (χ2n) is 5.12. The van der Waals surface area contributed by atoms with Crippen molar-refractivity contribution in [3.8, 4) is 23.3 Å². The second-order valence-corrected chi connectivity index (χ2v) is 5.97. The molecule has 8 heteroatoms. The lowest BCUT2D eigenvalue weighted by atomic mass is 10.1. The molecule has 0 aliphatic carbocycles. The van der Waals surface area contributed by atoms with Crippen LogP contribution in [0, 0.1) is 17.1 Å². The molecule has 0 spiro atoms. The molecule has 0 aliphatic rings. The summed E-state index contributed by atoms with van der Waals surface area (Å²) in [6, 6.07) is 7.86. The average molecular weight is 423 g/mol. The molecule has 2 rings (SSSR count). The van der Waals surface area contributed by atoms with Crippen molar-refractivity contribution < 1.29 is 23.4 Å². The van der Waals surface area contributed by atoms with Crippen molar-refractivity contribution in [1.82, 2.24) is 5.32 Å². The molecule has 0 aliphatic heterocycles. The first-order valence-corrected chi connectivity index (χ1v) is 8.19. The lowest BCUT2D eigenvalue weighted by Crippen LogP contribution is -2.28. The number of halogens is 2. The average Bonchev–Trinajstić information content (AvgIpc) is 2.66. The maximum absolute atomic E-state index is 13.4. The van der Waals surface area contributed by atoms with E-state index in [4.69, 9.17) is 14.2 Å². The van der Waals surface area contributed by atoms with E-state index in [0.29, 0.717) is 27.3 Å². The van der Waals surface area contributed by atoms with Gasteiger partial charge >= 0.3 is 0 Å². The van der Waals surface area contributed by atoms with Crippen LogP contribution in [0.2, 0.25) is 0 Å². The Hall–Kier alpha value is -2.79. The Labute approximate surface area is 158 Å². The predicted octanol–water partition coefficient (Wildman–Crippen LogP) is 3.61. The zero-order valence-electron chi connectivity index (χ0n) is 14.3. The highest BCUT2D eigenvalue weighted by Gasteiger charge is 2.21. The Kier molecular flexibility index (Phi) is 6.41. The minimum Gasteiger partial charge on any atom is -0.493 e. The molecule has 2 aromatic carbocycles. The summed E-state index contributed by atoms with van der Waals surface area (Å²) >= 11 is 3.20. The van der Waals surface area contributed by atoms with E-state index >= 15 is 0 Å². The minimum absolute atomic E-state index is 0.0812. The van der Waals surface area contributed by atoms with Crippen molar-refractivity contribution in [2.45, 2.75) is 6.04 Å².